The third-order valence-corrected chi connectivity index (χ3v) is 3.37. The summed E-state index contributed by atoms with van der Waals surface area (Å²) in [5.41, 5.74) is 0.371. The lowest BCUT2D eigenvalue weighted by molar-refractivity contribution is -0.384. The maximum Gasteiger partial charge on any atom is 0.271 e. The number of nitriles is 1. The van der Waals surface area contributed by atoms with Crippen LogP contribution in [0.2, 0.25) is 5.02 Å². The topological polar surface area (TPSA) is 76.2 Å². The van der Waals surface area contributed by atoms with E-state index in [-0.39, 0.29) is 10.7 Å². The van der Waals surface area contributed by atoms with Gasteiger partial charge in [-0.15, -0.1) is 0 Å². The van der Waals surface area contributed by atoms with Gasteiger partial charge in [0, 0.05) is 16.6 Å². The zero-order valence-electron chi connectivity index (χ0n) is 9.84. The number of rotatable bonds is 3. The second kappa shape index (κ2) is 5.90. The standard InChI is InChI=1S/C13H6BrClN2O3/c14-11-6-10(3-1-8(11)7-16)20-13-4-2-9(17(18)19)5-12(13)15/h1-6H. The predicted octanol–water partition coefficient (Wildman–Crippen LogP) is 4.67. The maximum absolute atomic E-state index is 10.6. The van der Waals surface area contributed by atoms with Crippen molar-refractivity contribution in [2.45, 2.75) is 0 Å². The molecule has 0 saturated heterocycles. The van der Waals surface area contributed by atoms with Gasteiger partial charge in [-0.2, -0.15) is 5.26 Å². The summed E-state index contributed by atoms with van der Waals surface area (Å²) >= 11 is 9.17. The summed E-state index contributed by atoms with van der Waals surface area (Å²) in [7, 11) is 0. The van der Waals surface area contributed by atoms with E-state index in [4.69, 9.17) is 21.6 Å². The highest BCUT2D eigenvalue weighted by atomic mass is 79.9. The van der Waals surface area contributed by atoms with E-state index < -0.39 is 4.92 Å². The third-order valence-electron chi connectivity index (χ3n) is 2.42. The number of halogens is 2. The number of hydrogen-bond donors (Lipinski definition) is 0. The summed E-state index contributed by atoms with van der Waals surface area (Å²) in [5.74, 6) is 0.764. The Hall–Kier alpha value is -2.10. The van der Waals surface area contributed by atoms with Crippen LogP contribution < -0.4 is 4.74 Å². The maximum atomic E-state index is 10.6. The fraction of sp³-hybridized carbons (Fsp3) is 0. The normalized spacial score (nSPS) is 9.85. The number of benzene rings is 2. The van der Waals surface area contributed by atoms with Crippen LogP contribution in [0.1, 0.15) is 5.56 Å². The van der Waals surface area contributed by atoms with Crippen LogP contribution in [0, 0.1) is 21.4 Å². The van der Waals surface area contributed by atoms with Gasteiger partial charge in [0.25, 0.3) is 5.69 Å². The van der Waals surface area contributed by atoms with E-state index in [9.17, 15) is 10.1 Å². The fourth-order valence-electron chi connectivity index (χ4n) is 1.46. The van der Waals surface area contributed by atoms with Gasteiger partial charge in [-0.05, 0) is 40.2 Å². The molecule has 7 heteroatoms. The van der Waals surface area contributed by atoms with Crippen molar-refractivity contribution in [2.24, 2.45) is 0 Å². The Morgan fingerprint density at radius 3 is 2.60 bits per heavy atom. The first kappa shape index (κ1) is 14.3. The summed E-state index contributed by atoms with van der Waals surface area (Å²) in [5, 5.41) is 19.6. The third kappa shape index (κ3) is 3.07. The van der Waals surface area contributed by atoms with Crippen LogP contribution in [0.15, 0.2) is 40.9 Å². The molecule has 2 aromatic carbocycles. The van der Waals surface area contributed by atoms with Crippen LogP contribution in [-0.2, 0) is 0 Å². The summed E-state index contributed by atoms with van der Waals surface area (Å²) in [4.78, 5) is 10.1. The Morgan fingerprint density at radius 1 is 1.30 bits per heavy atom. The van der Waals surface area contributed by atoms with Crippen LogP contribution in [0.4, 0.5) is 5.69 Å². The summed E-state index contributed by atoms with van der Waals surface area (Å²) in [6.45, 7) is 0. The van der Waals surface area contributed by atoms with Gasteiger partial charge in [-0.3, -0.25) is 10.1 Å². The average Bonchev–Trinajstić information content (AvgIpc) is 2.41. The van der Waals surface area contributed by atoms with Gasteiger partial charge in [-0.1, -0.05) is 11.6 Å². The lowest BCUT2D eigenvalue weighted by atomic mass is 10.2. The minimum absolute atomic E-state index is 0.108. The molecule has 0 aliphatic rings. The first-order valence-electron chi connectivity index (χ1n) is 5.32. The summed E-state index contributed by atoms with van der Waals surface area (Å²) in [6.07, 6.45) is 0. The van der Waals surface area contributed by atoms with Crippen molar-refractivity contribution in [3.05, 3.63) is 61.6 Å². The first-order valence-corrected chi connectivity index (χ1v) is 6.50. The highest BCUT2D eigenvalue weighted by Gasteiger charge is 2.11. The average molecular weight is 354 g/mol. The molecule has 100 valence electrons. The lowest BCUT2D eigenvalue weighted by Gasteiger charge is -2.08. The zero-order valence-corrected chi connectivity index (χ0v) is 12.2. The van der Waals surface area contributed by atoms with E-state index in [1.807, 2.05) is 6.07 Å². The van der Waals surface area contributed by atoms with Crippen LogP contribution in [-0.4, -0.2) is 4.92 Å². The molecule has 0 aromatic heterocycles. The SMILES string of the molecule is N#Cc1ccc(Oc2ccc([N+](=O)[O-])cc2Cl)cc1Br. The van der Waals surface area contributed by atoms with Gasteiger partial charge in [0.05, 0.1) is 15.5 Å². The molecule has 0 unspecified atom stereocenters. The van der Waals surface area contributed by atoms with E-state index in [2.05, 4.69) is 15.9 Å². The Morgan fingerprint density at radius 2 is 2.05 bits per heavy atom. The number of nitrogens with zero attached hydrogens (tertiary/aromatic N) is 2. The molecular formula is C13H6BrClN2O3. The van der Waals surface area contributed by atoms with Gasteiger partial charge in [0.2, 0.25) is 0 Å². The number of nitro groups is 1. The van der Waals surface area contributed by atoms with Crippen molar-refractivity contribution in [1.29, 1.82) is 5.26 Å². The van der Waals surface area contributed by atoms with Crippen molar-refractivity contribution < 1.29 is 9.66 Å². The van der Waals surface area contributed by atoms with Crippen LogP contribution >= 0.6 is 27.5 Å². The molecule has 0 bridgehead atoms. The Labute approximate surface area is 127 Å². The van der Waals surface area contributed by atoms with Crippen molar-refractivity contribution in [3.63, 3.8) is 0 Å². The molecule has 0 amide bonds. The number of ether oxygens (including phenoxy) is 1. The minimum atomic E-state index is -0.534. The first-order chi connectivity index (χ1) is 9.51. The van der Waals surface area contributed by atoms with Gasteiger partial charge in [0.1, 0.15) is 17.6 Å². The van der Waals surface area contributed by atoms with Crippen molar-refractivity contribution in [3.8, 4) is 17.6 Å². The lowest BCUT2D eigenvalue weighted by Crippen LogP contribution is -1.90. The van der Waals surface area contributed by atoms with Crippen molar-refractivity contribution >= 4 is 33.2 Å². The predicted molar refractivity (Wildman–Crippen MR) is 77.0 cm³/mol. The molecular weight excluding hydrogens is 348 g/mol. The molecule has 0 N–H and O–H groups in total. The van der Waals surface area contributed by atoms with Crippen molar-refractivity contribution in [2.75, 3.05) is 0 Å². The second-order valence-electron chi connectivity index (χ2n) is 3.73. The quantitative estimate of drug-likeness (QED) is 0.593. The van der Waals surface area contributed by atoms with Crippen LogP contribution in [0.25, 0.3) is 0 Å². The molecule has 0 aliphatic heterocycles. The molecule has 2 rings (SSSR count). The Kier molecular flexibility index (Phi) is 4.23. The molecule has 20 heavy (non-hydrogen) atoms. The fourth-order valence-corrected chi connectivity index (χ4v) is 2.12. The summed E-state index contributed by atoms with van der Waals surface area (Å²) in [6, 6.07) is 10.8. The summed E-state index contributed by atoms with van der Waals surface area (Å²) < 4.78 is 6.12. The van der Waals surface area contributed by atoms with E-state index in [1.54, 1.807) is 18.2 Å². The smallest absolute Gasteiger partial charge is 0.271 e. The minimum Gasteiger partial charge on any atom is -0.456 e. The molecule has 0 heterocycles. The molecule has 0 saturated carbocycles. The van der Waals surface area contributed by atoms with E-state index in [0.29, 0.717) is 21.5 Å². The molecule has 0 radical (unpaired) electrons. The zero-order chi connectivity index (χ0) is 14.7. The highest BCUT2D eigenvalue weighted by Crippen LogP contribution is 2.33. The van der Waals surface area contributed by atoms with Gasteiger partial charge in [-0.25, -0.2) is 0 Å². The van der Waals surface area contributed by atoms with E-state index in [1.165, 1.54) is 18.2 Å². The molecule has 5 nitrogen and oxygen atoms in total. The number of hydrogen-bond acceptors (Lipinski definition) is 4. The van der Waals surface area contributed by atoms with Crippen LogP contribution in [0.5, 0.6) is 11.5 Å². The molecule has 0 aliphatic carbocycles. The molecule has 0 atom stereocenters. The van der Waals surface area contributed by atoms with Gasteiger partial charge in [0.15, 0.2) is 0 Å². The monoisotopic (exact) mass is 352 g/mol. The molecule has 0 fully saturated rings. The van der Waals surface area contributed by atoms with Gasteiger partial charge < -0.3 is 4.74 Å². The van der Waals surface area contributed by atoms with E-state index in [0.717, 1.165) is 0 Å². The Balaban J connectivity index is 2.29. The number of non-ortho nitro benzene ring substituents is 1. The largest absolute Gasteiger partial charge is 0.456 e. The van der Waals surface area contributed by atoms with Crippen LogP contribution in [0.3, 0.4) is 0 Å². The van der Waals surface area contributed by atoms with Crippen molar-refractivity contribution in [1.82, 2.24) is 0 Å². The van der Waals surface area contributed by atoms with Gasteiger partial charge >= 0.3 is 0 Å². The molecule has 0 spiro atoms. The Bertz CT molecular complexity index is 728. The second-order valence-corrected chi connectivity index (χ2v) is 4.99. The number of nitro benzene ring substituents is 1. The van der Waals surface area contributed by atoms with E-state index >= 15 is 0 Å². The highest BCUT2D eigenvalue weighted by molar-refractivity contribution is 9.10. The molecule has 2 aromatic rings.